The van der Waals surface area contributed by atoms with Gasteiger partial charge in [-0.25, -0.2) is 0 Å². The van der Waals surface area contributed by atoms with Crippen molar-refractivity contribution in [3.63, 3.8) is 0 Å². The Morgan fingerprint density at radius 1 is 1.11 bits per heavy atom. The third-order valence-electron chi connectivity index (χ3n) is 5.63. The van der Waals surface area contributed by atoms with Gasteiger partial charge < -0.3 is 23.8 Å². The van der Waals surface area contributed by atoms with Gasteiger partial charge in [-0.3, -0.25) is 4.79 Å². The molecule has 6 nitrogen and oxygen atoms in total. The Balaban J connectivity index is 2.23. The molecule has 1 fully saturated rings. The van der Waals surface area contributed by atoms with Gasteiger partial charge in [0.25, 0.3) is 0 Å². The maximum absolute atomic E-state index is 13.1. The molecule has 0 radical (unpaired) electrons. The van der Waals surface area contributed by atoms with Crippen LogP contribution < -0.4 is 9.47 Å². The summed E-state index contributed by atoms with van der Waals surface area (Å²) in [5.74, 6) is 2.20. The minimum absolute atomic E-state index is 0.0148. The van der Waals surface area contributed by atoms with Crippen molar-refractivity contribution >= 4 is 5.91 Å². The molecule has 0 bridgehead atoms. The lowest BCUT2D eigenvalue weighted by Crippen LogP contribution is -2.45. The van der Waals surface area contributed by atoms with Gasteiger partial charge in [0.1, 0.15) is 18.1 Å². The zero-order valence-electron chi connectivity index (χ0n) is 17.9. The summed E-state index contributed by atoms with van der Waals surface area (Å²) < 4.78 is 21.4. The Kier molecular flexibility index (Phi) is 9.06. The third kappa shape index (κ3) is 5.85. The van der Waals surface area contributed by atoms with Crippen molar-refractivity contribution in [1.82, 2.24) is 4.90 Å². The van der Waals surface area contributed by atoms with E-state index in [0.717, 1.165) is 48.7 Å². The highest BCUT2D eigenvalue weighted by molar-refractivity contribution is 5.78. The van der Waals surface area contributed by atoms with Crippen LogP contribution in [0.5, 0.6) is 11.5 Å². The summed E-state index contributed by atoms with van der Waals surface area (Å²) in [4.78, 5) is 15.1. The van der Waals surface area contributed by atoms with Crippen LogP contribution in [0, 0.1) is 5.92 Å². The van der Waals surface area contributed by atoms with Crippen LogP contribution in [0.1, 0.15) is 51.1 Å². The average Bonchev–Trinajstić information content (AvgIpc) is 2.72. The molecule has 158 valence electrons. The van der Waals surface area contributed by atoms with Crippen molar-refractivity contribution < 1.29 is 23.7 Å². The molecule has 0 N–H and O–H groups in total. The Morgan fingerprint density at radius 3 is 2.43 bits per heavy atom. The average molecular weight is 394 g/mol. The minimum Gasteiger partial charge on any atom is -0.497 e. The first kappa shape index (κ1) is 22.5. The Morgan fingerprint density at radius 2 is 1.82 bits per heavy atom. The number of carbonyl (C=O) groups excluding carboxylic acids is 1. The van der Waals surface area contributed by atoms with Crippen molar-refractivity contribution in [3.8, 4) is 11.5 Å². The first-order valence-corrected chi connectivity index (χ1v) is 10.1. The van der Waals surface area contributed by atoms with Crippen LogP contribution in [-0.2, 0) is 14.3 Å². The van der Waals surface area contributed by atoms with Gasteiger partial charge in [-0.1, -0.05) is 6.92 Å². The van der Waals surface area contributed by atoms with E-state index < -0.39 is 0 Å². The van der Waals surface area contributed by atoms with Crippen LogP contribution in [0.4, 0.5) is 0 Å². The number of methoxy groups -OCH3 is 3. The minimum atomic E-state index is -0.113. The van der Waals surface area contributed by atoms with Gasteiger partial charge in [-0.05, 0) is 50.7 Å². The molecular formula is C22H35NO5. The predicted octanol–water partition coefficient (Wildman–Crippen LogP) is 3.84. The summed E-state index contributed by atoms with van der Waals surface area (Å²) in [5.41, 5.74) is 0.979. The summed E-state index contributed by atoms with van der Waals surface area (Å²) >= 11 is 0. The van der Waals surface area contributed by atoms with Crippen molar-refractivity contribution in [2.24, 2.45) is 5.92 Å². The lowest BCUT2D eigenvalue weighted by Gasteiger charge is -2.40. The van der Waals surface area contributed by atoms with E-state index in [1.807, 2.05) is 23.1 Å². The van der Waals surface area contributed by atoms with E-state index in [1.54, 1.807) is 21.3 Å². The zero-order valence-corrected chi connectivity index (χ0v) is 17.9. The fourth-order valence-electron chi connectivity index (χ4n) is 3.95. The molecule has 28 heavy (non-hydrogen) atoms. The van der Waals surface area contributed by atoms with Crippen molar-refractivity contribution in [2.75, 3.05) is 41.2 Å². The van der Waals surface area contributed by atoms with E-state index in [1.165, 1.54) is 0 Å². The van der Waals surface area contributed by atoms with Crippen LogP contribution in [0.25, 0.3) is 0 Å². The topological polar surface area (TPSA) is 57.2 Å². The Hall–Kier alpha value is -1.79. The Bertz CT molecular complexity index is 613. The van der Waals surface area contributed by atoms with E-state index in [4.69, 9.17) is 18.9 Å². The lowest BCUT2D eigenvalue weighted by molar-refractivity contribution is -0.142. The summed E-state index contributed by atoms with van der Waals surface area (Å²) in [6.07, 6.45) is 4.33. The van der Waals surface area contributed by atoms with Gasteiger partial charge in [0.2, 0.25) is 5.91 Å². The molecule has 6 heteroatoms. The molecule has 2 rings (SSSR count). The van der Waals surface area contributed by atoms with Crippen LogP contribution in [0.15, 0.2) is 18.2 Å². The van der Waals surface area contributed by atoms with E-state index in [0.29, 0.717) is 13.2 Å². The normalized spacial score (nSPS) is 20.5. The first-order chi connectivity index (χ1) is 13.5. The second kappa shape index (κ2) is 11.3. The smallest absolute Gasteiger partial charge is 0.249 e. The predicted molar refractivity (Wildman–Crippen MR) is 109 cm³/mol. The number of benzene rings is 1. The molecule has 0 aliphatic heterocycles. The molecular weight excluding hydrogens is 358 g/mol. The molecule has 1 saturated carbocycles. The van der Waals surface area contributed by atoms with Crippen LogP contribution >= 0.6 is 0 Å². The molecule has 1 aromatic carbocycles. The molecule has 1 aliphatic carbocycles. The highest BCUT2D eigenvalue weighted by atomic mass is 16.5. The van der Waals surface area contributed by atoms with Gasteiger partial charge in [-0.2, -0.15) is 0 Å². The maximum Gasteiger partial charge on any atom is 0.249 e. The standard InChI is InChI=1S/C22H35NO5/c1-16-6-8-18(9-7-16)23(22(24)15-28-13-12-25-3)17(2)20-11-10-19(26-4)14-21(20)27-5/h10-11,14,16-18H,6-9,12-13,15H2,1-5H3. The van der Waals surface area contributed by atoms with Crippen LogP contribution in [0.3, 0.4) is 0 Å². The third-order valence-corrected chi connectivity index (χ3v) is 5.63. The maximum atomic E-state index is 13.1. The number of rotatable bonds is 10. The second-order valence-corrected chi connectivity index (χ2v) is 7.54. The van der Waals surface area contributed by atoms with Crippen molar-refractivity contribution in [1.29, 1.82) is 0 Å². The van der Waals surface area contributed by atoms with Gasteiger partial charge in [-0.15, -0.1) is 0 Å². The summed E-state index contributed by atoms with van der Waals surface area (Å²) in [6.45, 7) is 5.31. The van der Waals surface area contributed by atoms with E-state index in [-0.39, 0.29) is 24.6 Å². The molecule has 1 atom stereocenters. The number of ether oxygens (including phenoxy) is 4. The summed E-state index contributed by atoms with van der Waals surface area (Å²) in [6, 6.07) is 5.87. The summed E-state index contributed by atoms with van der Waals surface area (Å²) in [5, 5.41) is 0. The van der Waals surface area contributed by atoms with Crippen molar-refractivity contribution in [3.05, 3.63) is 23.8 Å². The molecule has 0 heterocycles. The van der Waals surface area contributed by atoms with E-state index in [9.17, 15) is 4.79 Å². The molecule has 1 amide bonds. The molecule has 1 aliphatic rings. The fraction of sp³-hybridized carbons (Fsp3) is 0.682. The molecule has 0 aromatic heterocycles. The molecule has 0 spiro atoms. The fourth-order valence-corrected chi connectivity index (χ4v) is 3.95. The van der Waals surface area contributed by atoms with Crippen LogP contribution in [0.2, 0.25) is 0 Å². The van der Waals surface area contributed by atoms with Gasteiger partial charge in [0.15, 0.2) is 0 Å². The van der Waals surface area contributed by atoms with Crippen molar-refractivity contribution in [2.45, 2.75) is 51.6 Å². The summed E-state index contributed by atoms with van der Waals surface area (Å²) in [7, 11) is 4.90. The largest absolute Gasteiger partial charge is 0.497 e. The second-order valence-electron chi connectivity index (χ2n) is 7.54. The highest BCUT2D eigenvalue weighted by Gasteiger charge is 2.32. The zero-order chi connectivity index (χ0) is 20.5. The lowest BCUT2D eigenvalue weighted by atomic mass is 9.85. The highest BCUT2D eigenvalue weighted by Crippen LogP contribution is 2.37. The van der Waals surface area contributed by atoms with E-state index >= 15 is 0 Å². The Labute approximate surface area is 169 Å². The monoisotopic (exact) mass is 393 g/mol. The molecule has 0 saturated heterocycles. The van der Waals surface area contributed by atoms with Crippen LogP contribution in [-0.4, -0.2) is 58.0 Å². The van der Waals surface area contributed by atoms with Gasteiger partial charge in [0.05, 0.1) is 33.5 Å². The molecule has 1 aromatic rings. The van der Waals surface area contributed by atoms with E-state index in [2.05, 4.69) is 13.8 Å². The van der Waals surface area contributed by atoms with Gasteiger partial charge >= 0.3 is 0 Å². The number of hydrogen-bond donors (Lipinski definition) is 0. The first-order valence-electron chi connectivity index (χ1n) is 10.1. The number of hydrogen-bond acceptors (Lipinski definition) is 5. The van der Waals surface area contributed by atoms with Gasteiger partial charge in [0, 0.05) is 24.8 Å². The number of nitrogens with zero attached hydrogens (tertiary/aromatic N) is 1. The number of carbonyl (C=O) groups is 1. The SMILES string of the molecule is COCCOCC(=O)N(C1CCC(C)CC1)C(C)c1ccc(OC)cc1OC. The molecule has 1 unspecified atom stereocenters. The number of amides is 1. The quantitative estimate of drug-likeness (QED) is 0.566.